The van der Waals surface area contributed by atoms with Crippen molar-refractivity contribution in [2.45, 2.75) is 6.92 Å². The lowest BCUT2D eigenvalue weighted by atomic mass is 10.0. The summed E-state index contributed by atoms with van der Waals surface area (Å²) in [4.78, 5) is 11.0. The zero-order valence-corrected chi connectivity index (χ0v) is 14.0. The maximum atomic E-state index is 14.0. The molecule has 3 rings (SSSR count). The molecule has 24 heavy (non-hydrogen) atoms. The molecular formula is C17H12Cl2FNO3. The van der Waals surface area contributed by atoms with Crippen LogP contribution >= 0.6 is 23.2 Å². The van der Waals surface area contributed by atoms with Crippen molar-refractivity contribution < 1.29 is 18.7 Å². The van der Waals surface area contributed by atoms with Gasteiger partial charge in [-0.25, -0.2) is 4.39 Å². The number of amides is 1. The molecule has 1 heterocycles. The molecule has 0 fully saturated rings. The van der Waals surface area contributed by atoms with Gasteiger partial charge in [-0.05, 0) is 18.2 Å². The maximum Gasteiger partial charge on any atom is 0.217 e. The van der Waals surface area contributed by atoms with Crippen LogP contribution in [0.5, 0.6) is 11.5 Å². The zero-order chi connectivity index (χ0) is 17.3. The Kier molecular flexibility index (Phi) is 4.64. The number of hydrogen-bond acceptors (Lipinski definition) is 3. The summed E-state index contributed by atoms with van der Waals surface area (Å²) in [6.07, 6.45) is 1.32. The van der Waals surface area contributed by atoms with Gasteiger partial charge >= 0.3 is 0 Å². The third-order valence-electron chi connectivity index (χ3n) is 3.31. The van der Waals surface area contributed by atoms with Crippen LogP contribution in [0, 0.1) is 5.82 Å². The van der Waals surface area contributed by atoms with E-state index in [1.54, 1.807) is 18.2 Å². The van der Waals surface area contributed by atoms with Gasteiger partial charge in [-0.15, -0.1) is 0 Å². The molecule has 0 aliphatic carbocycles. The summed E-state index contributed by atoms with van der Waals surface area (Å²) >= 11 is 12.4. The predicted molar refractivity (Wildman–Crippen MR) is 89.9 cm³/mol. The van der Waals surface area contributed by atoms with Gasteiger partial charge in [-0.2, -0.15) is 0 Å². The minimum atomic E-state index is -0.512. The maximum absolute atomic E-state index is 14.0. The Morgan fingerprint density at radius 3 is 2.62 bits per heavy atom. The van der Waals surface area contributed by atoms with E-state index in [1.807, 2.05) is 0 Å². The van der Waals surface area contributed by atoms with E-state index < -0.39 is 5.82 Å². The summed E-state index contributed by atoms with van der Waals surface area (Å²) in [6, 6.07) is 7.47. The van der Waals surface area contributed by atoms with Gasteiger partial charge in [0.1, 0.15) is 12.1 Å². The van der Waals surface area contributed by atoms with Crippen molar-refractivity contribution in [2.24, 2.45) is 0 Å². The molecule has 0 atom stereocenters. The van der Waals surface area contributed by atoms with E-state index in [-0.39, 0.29) is 24.0 Å². The third kappa shape index (κ3) is 3.32. The lowest BCUT2D eigenvalue weighted by Crippen LogP contribution is -2.25. The van der Waals surface area contributed by atoms with Crippen molar-refractivity contribution in [3.05, 3.63) is 58.2 Å². The van der Waals surface area contributed by atoms with Gasteiger partial charge in [-0.3, -0.25) is 4.79 Å². The second-order valence-corrected chi connectivity index (χ2v) is 5.91. The Hall–Kier alpha value is -2.24. The van der Waals surface area contributed by atoms with Gasteiger partial charge in [0, 0.05) is 24.1 Å². The zero-order valence-electron chi connectivity index (χ0n) is 12.5. The number of hydrogen-bond donors (Lipinski definition) is 1. The average molecular weight is 368 g/mol. The van der Waals surface area contributed by atoms with Crippen molar-refractivity contribution >= 4 is 29.1 Å². The number of fused-ring (bicyclic) bond motifs is 1. The molecule has 2 aromatic rings. The molecule has 0 unspecified atom stereocenters. The number of benzene rings is 2. The summed E-state index contributed by atoms with van der Waals surface area (Å²) < 4.78 is 25.2. The normalized spacial score (nSPS) is 12.6. The Bertz CT molecular complexity index is 832. The summed E-state index contributed by atoms with van der Waals surface area (Å²) in [6.45, 7) is 1.53. The standard InChI is InChI=1S/C17H12Cl2FNO3/c1-9(22)21-7-11-8-23-15-6-10(20)5-12(17(15)24-11)16-13(18)3-2-4-14(16)19/h2-6,8H,7H2,1H3,(H,21,22). The first-order valence-corrected chi connectivity index (χ1v) is 7.77. The van der Waals surface area contributed by atoms with Gasteiger partial charge in [0.05, 0.1) is 16.6 Å². The quantitative estimate of drug-likeness (QED) is 0.865. The van der Waals surface area contributed by atoms with Crippen LogP contribution in [0.25, 0.3) is 11.1 Å². The van der Waals surface area contributed by atoms with Gasteiger partial charge in [0.2, 0.25) is 5.91 Å². The molecule has 1 N–H and O–H groups in total. The van der Waals surface area contributed by atoms with E-state index in [0.29, 0.717) is 26.9 Å². The highest BCUT2D eigenvalue weighted by Crippen LogP contribution is 2.46. The molecule has 4 nitrogen and oxygen atoms in total. The highest BCUT2D eigenvalue weighted by Gasteiger charge is 2.23. The van der Waals surface area contributed by atoms with Crippen molar-refractivity contribution in [1.82, 2.24) is 5.32 Å². The Morgan fingerprint density at radius 2 is 1.96 bits per heavy atom. The highest BCUT2D eigenvalue weighted by atomic mass is 35.5. The largest absolute Gasteiger partial charge is 0.457 e. The molecule has 1 aliphatic heterocycles. The van der Waals surface area contributed by atoms with Gasteiger partial charge in [0.15, 0.2) is 17.3 Å². The number of ether oxygens (including phenoxy) is 2. The van der Waals surface area contributed by atoms with Crippen LogP contribution in [0.3, 0.4) is 0 Å². The fourth-order valence-electron chi connectivity index (χ4n) is 2.28. The second-order valence-electron chi connectivity index (χ2n) is 5.09. The van der Waals surface area contributed by atoms with Crippen molar-refractivity contribution in [3.63, 3.8) is 0 Å². The van der Waals surface area contributed by atoms with Crippen molar-refractivity contribution in [2.75, 3.05) is 6.54 Å². The van der Waals surface area contributed by atoms with E-state index in [4.69, 9.17) is 32.7 Å². The molecule has 0 bridgehead atoms. The molecule has 1 amide bonds. The van der Waals surface area contributed by atoms with Gasteiger partial charge in [-0.1, -0.05) is 29.3 Å². The SMILES string of the molecule is CC(=O)NCC1=COc2cc(F)cc(-c3c(Cl)cccc3Cl)c2O1. The number of carbonyl (C=O) groups is 1. The first kappa shape index (κ1) is 16.6. The highest BCUT2D eigenvalue weighted by molar-refractivity contribution is 6.39. The van der Waals surface area contributed by atoms with E-state index in [9.17, 15) is 9.18 Å². The molecule has 0 saturated heterocycles. The van der Waals surface area contributed by atoms with E-state index in [2.05, 4.69) is 5.32 Å². The predicted octanol–water partition coefficient (Wildman–Crippen LogP) is 4.55. The number of nitrogens with one attached hydrogen (secondary N) is 1. The van der Waals surface area contributed by atoms with Crippen LogP contribution in [0.15, 0.2) is 42.4 Å². The smallest absolute Gasteiger partial charge is 0.217 e. The minimum Gasteiger partial charge on any atom is -0.457 e. The molecular weight excluding hydrogens is 356 g/mol. The van der Waals surface area contributed by atoms with Crippen LogP contribution in [0.2, 0.25) is 10.0 Å². The molecule has 2 aromatic carbocycles. The molecule has 124 valence electrons. The Balaban J connectivity index is 2.05. The van der Waals surface area contributed by atoms with Crippen LogP contribution in [-0.4, -0.2) is 12.5 Å². The van der Waals surface area contributed by atoms with Crippen molar-refractivity contribution in [1.29, 1.82) is 0 Å². The lowest BCUT2D eigenvalue weighted by molar-refractivity contribution is -0.118. The first-order valence-electron chi connectivity index (χ1n) is 7.01. The minimum absolute atomic E-state index is 0.141. The van der Waals surface area contributed by atoms with Crippen LogP contribution in [0.4, 0.5) is 4.39 Å². The average Bonchev–Trinajstić information content (AvgIpc) is 2.52. The number of rotatable bonds is 3. The summed E-state index contributed by atoms with van der Waals surface area (Å²) in [5, 5.41) is 3.32. The summed E-state index contributed by atoms with van der Waals surface area (Å²) in [5.41, 5.74) is 0.815. The molecule has 1 aliphatic rings. The molecule has 0 aromatic heterocycles. The van der Waals surface area contributed by atoms with E-state index in [0.717, 1.165) is 0 Å². The van der Waals surface area contributed by atoms with Crippen LogP contribution in [-0.2, 0) is 4.79 Å². The van der Waals surface area contributed by atoms with Gasteiger partial charge in [0.25, 0.3) is 0 Å². The molecule has 0 radical (unpaired) electrons. The summed E-state index contributed by atoms with van der Waals surface area (Å²) in [7, 11) is 0. The molecule has 0 saturated carbocycles. The third-order valence-corrected chi connectivity index (χ3v) is 3.94. The fourth-order valence-corrected chi connectivity index (χ4v) is 2.88. The first-order chi connectivity index (χ1) is 11.5. The van der Waals surface area contributed by atoms with Crippen molar-refractivity contribution in [3.8, 4) is 22.6 Å². The number of carbonyl (C=O) groups excluding carboxylic acids is 1. The summed E-state index contributed by atoms with van der Waals surface area (Å²) in [5.74, 6) is 0.136. The Morgan fingerprint density at radius 1 is 1.25 bits per heavy atom. The van der Waals surface area contributed by atoms with Crippen LogP contribution in [0.1, 0.15) is 6.92 Å². The lowest BCUT2D eigenvalue weighted by Gasteiger charge is -2.22. The van der Waals surface area contributed by atoms with E-state index in [1.165, 1.54) is 25.3 Å². The Labute approximate surface area is 147 Å². The second kappa shape index (κ2) is 6.71. The molecule has 0 spiro atoms. The van der Waals surface area contributed by atoms with Crippen LogP contribution < -0.4 is 14.8 Å². The monoisotopic (exact) mass is 367 g/mol. The van der Waals surface area contributed by atoms with Gasteiger partial charge < -0.3 is 14.8 Å². The number of halogens is 3. The topological polar surface area (TPSA) is 47.6 Å². The van der Waals surface area contributed by atoms with E-state index >= 15 is 0 Å². The molecule has 7 heteroatoms. The fraction of sp³-hybridized carbons (Fsp3) is 0.118.